The lowest BCUT2D eigenvalue weighted by Gasteiger charge is -2.30. The summed E-state index contributed by atoms with van der Waals surface area (Å²) in [5.74, 6) is 0.721. The van der Waals surface area contributed by atoms with Crippen LogP contribution in [0.4, 0.5) is 10.2 Å². The number of benzene rings is 2. The maximum atomic E-state index is 14.6. The number of likely N-dealkylation sites (N-methyl/N-ethyl adjacent to an activating group) is 1. The van der Waals surface area contributed by atoms with Crippen LogP contribution in [-0.2, 0) is 4.74 Å². The number of para-hydroxylation sites is 1. The zero-order valence-corrected chi connectivity index (χ0v) is 21.3. The number of aromatic amines is 1. The fourth-order valence-corrected chi connectivity index (χ4v) is 5.15. The van der Waals surface area contributed by atoms with Gasteiger partial charge in [-0.25, -0.2) is 4.39 Å². The number of anilines is 1. The Kier molecular flexibility index (Phi) is 6.45. The molecule has 4 heterocycles. The van der Waals surface area contributed by atoms with Crippen LogP contribution in [0.2, 0.25) is 5.02 Å². The van der Waals surface area contributed by atoms with Gasteiger partial charge in [0.2, 0.25) is 0 Å². The number of hydrogen-bond acceptors (Lipinski definition) is 9. The topological polar surface area (TPSA) is 101 Å². The molecule has 10 nitrogen and oxygen atoms in total. The van der Waals surface area contributed by atoms with Crippen molar-refractivity contribution in [2.24, 2.45) is 0 Å². The number of aromatic nitrogens is 4. The number of ether oxygens (including phenoxy) is 3. The van der Waals surface area contributed by atoms with Crippen molar-refractivity contribution in [2.45, 2.75) is 12.2 Å². The highest BCUT2D eigenvalue weighted by Crippen LogP contribution is 2.41. The number of halogens is 2. The van der Waals surface area contributed by atoms with E-state index in [1.54, 1.807) is 19.4 Å². The average molecular weight is 528 g/mol. The summed E-state index contributed by atoms with van der Waals surface area (Å²) in [7, 11) is 3.70. The minimum absolute atomic E-state index is 0.0982. The molecule has 6 rings (SSSR count). The molecule has 2 aliphatic rings. The lowest BCUT2D eigenvalue weighted by Crippen LogP contribution is -2.44. The molecule has 4 aromatic rings. The van der Waals surface area contributed by atoms with Gasteiger partial charge in [-0.1, -0.05) is 17.7 Å². The smallest absolute Gasteiger partial charge is 0.319 e. The lowest BCUT2D eigenvalue weighted by atomic mass is 10.2. The maximum absolute atomic E-state index is 14.6. The predicted octanol–water partition coefficient (Wildman–Crippen LogP) is 3.21. The second kappa shape index (κ2) is 9.90. The SMILES string of the molecule is CO[C@@H]1CN(C)C[C@H]1Oc1nc(N2CCNCC2)c2cccc(Oc3c(Cl)c(F)cc4[nH]ncc34)c2n1. The number of rotatable bonds is 6. The first kappa shape index (κ1) is 24.1. The normalized spacial score (nSPS) is 20.7. The Morgan fingerprint density at radius 2 is 1.92 bits per heavy atom. The Bertz CT molecular complexity index is 1450. The quantitative estimate of drug-likeness (QED) is 0.391. The van der Waals surface area contributed by atoms with Crippen LogP contribution in [-0.4, -0.2) is 90.7 Å². The molecule has 194 valence electrons. The molecule has 2 aliphatic heterocycles. The second-order valence-corrected chi connectivity index (χ2v) is 9.68. The fourth-order valence-electron chi connectivity index (χ4n) is 4.95. The first-order valence-electron chi connectivity index (χ1n) is 12.1. The summed E-state index contributed by atoms with van der Waals surface area (Å²) >= 11 is 6.34. The van der Waals surface area contributed by atoms with Crippen molar-refractivity contribution in [1.82, 2.24) is 30.4 Å². The Morgan fingerprint density at radius 1 is 1.11 bits per heavy atom. The average Bonchev–Trinajstić information content (AvgIpc) is 3.52. The largest absolute Gasteiger partial charge is 0.456 e. The van der Waals surface area contributed by atoms with Crippen molar-refractivity contribution in [3.05, 3.63) is 41.3 Å². The van der Waals surface area contributed by atoms with Gasteiger partial charge in [-0.05, 0) is 19.2 Å². The van der Waals surface area contributed by atoms with Gasteiger partial charge in [-0.15, -0.1) is 0 Å². The highest BCUT2D eigenvalue weighted by molar-refractivity contribution is 6.33. The van der Waals surface area contributed by atoms with Crippen LogP contribution in [0.25, 0.3) is 21.8 Å². The van der Waals surface area contributed by atoms with E-state index in [4.69, 9.17) is 35.8 Å². The van der Waals surface area contributed by atoms with E-state index < -0.39 is 5.82 Å². The third kappa shape index (κ3) is 4.52. The van der Waals surface area contributed by atoms with Crippen LogP contribution < -0.4 is 19.7 Å². The van der Waals surface area contributed by atoms with Crippen molar-refractivity contribution >= 4 is 39.2 Å². The van der Waals surface area contributed by atoms with Crippen LogP contribution in [0.15, 0.2) is 30.5 Å². The van der Waals surface area contributed by atoms with Gasteiger partial charge in [0.15, 0.2) is 11.5 Å². The minimum Gasteiger partial charge on any atom is -0.456 e. The van der Waals surface area contributed by atoms with Crippen LogP contribution >= 0.6 is 11.6 Å². The molecule has 0 bridgehead atoms. The number of piperazine rings is 1. The highest BCUT2D eigenvalue weighted by atomic mass is 35.5. The zero-order chi connectivity index (χ0) is 25.5. The van der Waals surface area contributed by atoms with Crippen molar-refractivity contribution in [3.8, 4) is 17.5 Å². The summed E-state index contributed by atoms with van der Waals surface area (Å²) in [5.41, 5.74) is 1.02. The Hall–Kier alpha value is -3.25. The van der Waals surface area contributed by atoms with Gasteiger partial charge < -0.3 is 24.4 Å². The molecular formula is C25H27ClFN7O3. The van der Waals surface area contributed by atoms with Gasteiger partial charge in [-0.3, -0.25) is 10.00 Å². The minimum atomic E-state index is -0.607. The Balaban J connectivity index is 1.47. The standard InChI is InChI=1S/C25H27ClFN7O3/c1-33-12-19(35-2)20(13-33)37-25-30-22-14(24(31-25)34-8-6-28-7-9-34)4-3-5-18(22)36-23-15-11-29-32-17(15)10-16(27)21(23)26/h3-5,10-11,19-20,28H,6-9,12-13H2,1-2H3,(H,29,32)/t19-,20-/m1/s1. The van der Waals surface area contributed by atoms with Crippen molar-refractivity contribution in [1.29, 1.82) is 0 Å². The molecule has 0 amide bonds. The molecule has 2 atom stereocenters. The van der Waals surface area contributed by atoms with Gasteiger partial charge in [0.05, 0.1) is 17.1 Å². The number of nitrogens with zero attached hydrogens (tertiary/aromatic N) is 5. The fraction of sp³-hybridized carbons (Fsp3) is 0.400. The first-order chi connectivity index (χ1) is 18.0. The molecule has 0 spiro atoms. The third-order valence-electron chi connectivity index (χ3n) is 6.83. The van der Waals surface area contributed by atoms with E-state index in [2.05, 4.69) is 25.3 Å². The molecule has 12 heteroatoms. The summed E-state index contributed by atoms with van der Waals surface area (Å²) in [6, 6.07) is 7.11. The predicted molar refractivity (Wildman–Crippen MR) is 138 cm³/mol. The first-order valence-corrected chi connectivity index (χ1v) is 12.5. The lowest BCUT2D eigenvalue weighted by molar-refractivity contribution is 0.0300. The van der Waals surface area contributed by atoms with E-state index >= 15 is 0 Å². The van der Waals surface area contributed by atoms with E-state index in [0.717, 1.165) is 43.9 Å². The highest BCUT2D eigenvalue weighted by Gasteiger charge is 2.34. The molecule has 0 saturated carbocycles. The van der Waals surface area contributed by atoms with Gasteiger partial charge in [0.1, 0.15) is 34.4 Å². The number of H-pyrrole nitrogens is 1. The monoisotopic (exact) mass is 527 g/mol. The van der Waals surface area contributed by atoms with Crippen molar-refractivity contribution in [3.63, 3.8) is 0 Å². The summed E-state index contributed by atoms with van der Waals surface area (Å²) in [5, 5.41) is 11.4. The van der Waals surface area contributed by atoms with E-state index in [1.807, 2.05) is 19.2 Å². The number of hydrogen-bond donors (Lipinski definition) is 2. The van der Waals surface area contributed by atoms with Crippen LogP contribution in [0.5, 0.6) is 17.5 Å². The molecule has 2 saturated heterocycles. The molecule has 0 radical (unpaired) electrons. The summed E-state index contributed by atoms with van der Waals surface area (Å²) < 4.78 is 32.8. The van der Waals surface area contributed by atoms with Crippen LogP contribution in [0.1, 0.15) is 0 Å². The van der Waals surface area contributed by atoms with Crippen LogP contribution in [0, 0.1) is 5.82 Å². The number of fused-ring (bicyclic) bond motifs is 2. The Labute approximate surface area is 217 Å². The maximum Gasteiger partial charge on any atom is 0.319 e. The van der Waals surface area contributed by atoms with Crippen molar-refractivity contribution < 1.29 is 18.6 Å². The second-order valence-electron chi connectivity index (χ2n) is 9.31. The van der Waals surface area contributed by atoms with E-state index in [1.165, 1.54) is 6.07 Å². The Morgan fingerprint density at radius 3 is 2.73 bits per heavy atom. The van der Waals surface area contributed by atoms with Gasteiger partial charge >= 0.3 is 6.01 Å². The number of likely N-dealkylation sites (tertiary alicyclic amines) is 1. The summed E-state index contributed by atoms with van der Waals surface area (Å²) in [6.07, 6.45) is 1.23. The van der Waals surface area contributed by atoms with E-state index in [0.29, 0.717) is 28.7 Å². The summed E-state index contributed by atoms with van der Waals surface area (Å²) in [4.78, 5) is 14.0. The van der Waals surface area contributed by atoms with E-state index in [-0.39, 0.29) is 29.0 Å². The summed E-state index contributed by atoms with van der Waals surface area (Å²) in [6.45, 7) is 4.71. The number of nitrogens with one attached hydrogen (secondary N) is 2. The zero-order valence-electron chi connectivity index (χ0n) is 20.5. The van der Waals surface area contributed by atoms with E-state index in [9.17, 15) is 4.39 Å². The molecule has 0 aliphatic carbocycles. The number of methoxy groups -OCH3 is 1. The molecule has 37 heavy (non-hydrogen) atoms. The molecular weight excluding hydrogens is 501 g/mol. The molecule has 2 aromatic carbocycles. The van der Waals surface area contributed by atoms with Gasteiger partial charge in [0.25, 0.3) is 0 Å². The van der Waals surface area contributed by atoms with Crippen LogP contribution in [0.3, 0.4) is 0 Å². The van der Waals surface area contributed by atoms with Gasteiger partial charge in [-0.2, -0.15) is 15.1 Å². The van der Waals surface area contributed by atoms with Gasteiger partial charge in [0, 0.05) is 57.8 Å². The molecule has 2 fully saturated rings. The molecule has 2 N–H and O–H groups in total. The van der Waals surface area contributed by atoms with Crippen molar-refractivity contribution in [2.75, 3.05) is 58.3 Å². The molecule has 0 unspecified atom stereocenters. The third-order valence-corrected chi connectivity index (χ3v) is 7.18. The molecule has 2 aromatic heterocycles.